The lowest BCUT2D eigenvalue weighted by atomic mass is 10.1. The van der Waals surface area contributed by atoms with E-state index in [0.717, 1.165) is 45.1 Å². The number of anilines is 3. The van der Waals surface area contributed by atoms with E-state index in [9.17, 15) is 9.59 Å². The lowest BCUT2D eigenvalue weighted by Crippen LogP contribution is -2.30. The molecule has 0 bridgehead atoms. The average molecular weight is 616 g/mol. The maximum atomic E-state index is 13.1. The molecule has 0 amide bonds. The van der Waals surface area contributed by atoms with Crippen LogP contribution in [0.5, 0.6) is 0 Å². The number of aromatic nitrogens is 3. The zero-order chi connectivity index (χ0) is 31.4. The van der Waals surface area contributed by atoms with E-state index >= 15 is 0 Å². The first-order valence-electron chi connectivity index (χ1n) is 14.8. The van der Waals surface area contributed by atoms with Crippen molar-refractivity contribution >= 4 is 67.1 Å². The minimum Gasteiger partial charge on any atom is -0.311 e. The zero-order valence-electron chi connectivity index (χ0n) is 24.9. The summed E-state index contributed by atoms with van der Waals surface area (Å²) >= 11 is 1.06. The molecule has 6 aromatic carbocycles. The van der Waals surface area contributed by atoms with Crippen molar-refractivity contribution < 1.29 is 0 Å². The molecule has 8 rings (SSSR count). The SMILES string of the molecule is Cc1ccc(N(c2ccc(C)cc2)c2ccc(-c3ncc(/N=c4\c(=O)c(=O)c5cc6ccccc6cc45)c4nsnc34)cc2)cc1. The Labute approximate surface area is 267 Å². The van der Waals surface area contributed by atoms with Gasteiger partial charge in [-0.25, -0.2) is 4.99 Å². The van der Waals surface area contributed by atoms with Gasteiger partial charge < -0.3 is 4.90 Å². The molecule has 7 nitrogen and oxygen atoms in total. The molecule has 0 atom stereocenters. The first-order valence-corrected chi connectivity index (χ1v) is 15.5. The molecule has 0 aliphatic rings. The van der Waals surface area contributed by atoms with Crippen molar-refractivity contribution in [3.8, 4) is 11.3 Å². The van der Waals surface area contributed by atoms with E-state index < -0.39 is 10.9 Å². The molecule has 2 aromatic heterocycles. The van der Waals surface area contributed by atoms with Crippen molar-refractivity contribution in [1.82, 2.24) is 13.7 Å². The van der Waals surface area contributed by atoms with Gasteiger partial charge in [0.25, 0.3) is 5.43 Å². The van der Waals surface area contributed by atoms with Crippen LogP contribution in [0.1, 0.15) is 11.1 Å². The van der Waals surface area contributed by atoms with Gasteiger partial charge in [0, 0.05) is 33.4 Å². The van der Waals surface area contributed by atoms with E-state index in [-0.39, 0.29) is 5.36 Å². The molecule has 0 saturated heterocycles. The van der Waals surface area contributed by atoms with Crippen molar-refractivity contribution in [2.45, 2.75) is 13.8 Å². The van der Waals surface area contributed by atoms with Gasteiger partial charge in [-0.15, -0.1) is 0 Å². The number of nitrogens with zero attached hydrogens (tertiary/aromatic N) is 5. The normalized spacial score (nSPS) is 12.0. The number of benzene rings is 5. The van der Waals surface area contributed by atoms with Crippen molar-refractivity contribution in [2.24, 2.45) is 4.99 Å². The fourth-order valence-corrected chi connectivity index (χ4v) is 6.42. The van der Waals surface area contributed by atoms with E-state index in [1.807, 2.05) is 42.5 Å². The zero-order valence-corrected chi connectivity index (χ0v) is 25.7. The first kappa shape index (κ1) is 27.7. The highest BCUT2D eigenvalue weighted by atomic mass is 32.1. The van der Waals surface area contributed by atoms with Gasteiger partial charge in [-0.1, -0.05) is 71.8 Å². The van der Waals surface area contributed by atoms with Crippen LogP contribution in [-0.2, 0) is 0 Å². The maximum absolute atomic E-state index is 13.1. The van der Waals surface area contributed by atoms with E-state index in [2.05, 4.69) is 93.2 Å². The molecule has 0 saturated carbocycles. The highest BCUT2D eigenvalue weighted by molar-refractivity contribution is 7.00. The fraction of sp³-hybridized carbons (Fsp3) is 0.0526. The molecule has 0 N–H and O–H groups in total. The summed E-state index contributed by atoms with van der Waals surface area (Å²) in [4.78, 5) is 37.6. The molecule has 220 valence electrons. The van der Waals surface area contributed by atoms with Crippen LogP contribution in [0, 0.1) is 13.8 Å². The molecule has 0 aliphatic carbocycles. The molecular weight excluding hydrogens is 591 g/mol. The largest absolute Gasteiger partial charge is 0.311 e. The minimum atomic E-state index is -0.631. The molecular formula is C38H25N5O2S. The Hall–Kier alpha value is -5.86. The van der Waals surface area contributed by atoms with Crippen LogP contribution in [-0.4, -0.2) is 13.7 Å². The molecule has 8 aromatic rings. The number of hydrogen-bond donors (Lipinski definition) is 0. The van der Waals surface area contributed by atoms with E-state index in [1.165, 1.54) is 11.1 Å². The third-order valence-corrected chi connectivity index (χ3v) is 8.82. The van der Waals surface area contributed by atoms with Gasteiger partial charge in [0.1, 0.15) is 22.1 Å². The summed E-state index contributed by atoms with van der Waals surface area (Å²) in [5.41, 5.74) is 7.38. The van der Waals surface area contributed by atoms with Gasteiger partial charge in [0.15, 0.2) is 0 Å². The third-order valence-electron chi connectivity index (χ3n) is 8.29. The summed E-state index contributed by atoms with van der Waals surface area (Å²) < 4.78 is 9.07. The fourth-order valence-electron chi connectivity index (χ4n) is 5.86. The first-order chi connectivity index (χ1) is 22.4. The smallest absolute Gasteiger partial charge is 0.252 e. The molecule has 0 spiro atoms. The summed E-state index contributed by atoms with van der Waals surface area (Å²) in [6, 6.07) is 36.4. The molecule has 0 aliphatic heterocycles. The van der Waals surface area contributed by atoms with Gasteiger partial charge in [-0.2, -0.15) is 8.75 Å². The molecule has 46 heavy (non-hydrogen) atoms. The Bertz CT molecular complexity index is 2540. The van der Waals surface area contributed by atoms with Crippen molar-refractivity contribution in [3.05, 3.63) is 152 Å². The van der Waals surface area contributed by atoms with Crippen molar-refractivity contribution in [3.63, 3.8) is 0 Å². The van der Waals surface area contributed by atoms with Crippen LogP contribution >= 0.6 is 11.7 Å². The topological polar surface area (TPSA) is 88.4 Å². The predicted octanol–water partition coefficient (Wildman–Crippen LogP) is 7.97. The molecule has 8 heteroatoms. The Morgan fingerprint density at radius 3 is 1.78 bits per heavy atom. The summed E-state index contributed by atoms with van der Waals surface area (Å²) in [6.07, 6.45) is 1.60. The van der Waals surface area contributed by atoms with Crippen molar-refractivity contribution in [2.75, 3.05) is 4.90 Å². The number of hydrogen-bond acceptors (Lipinski definition) is 8. The Morgan fingerprint density at radius 1 is 0.630 bits per heavy atom. The lowest BCUT2D eigenvalue weighted by Gasteiger charge is -2.26. The Kier molecular flexibility index (Phi) is 6.58. The second-order valence-electron chi connectivity index (χ2n) is 11.4. The molecule has 2 heterocycles. The van der Waals surface area contributed by atoms with Crippen molar-refractivity contribution in [1.29, 1.82) is 0 Å². The average Bonchev–Trinajstić information content (AvgIpc) is 3.66. The third kappa shape index (κ3) is 4.67. The monoisotopic (exact) mass is 615 g/mol. The van der Waals surface area contributed by atoms with Crippen LogP contribution in [0.25, 0.3) is 43.8 Å². The summed E-state index contributed by atoms with van der Waals surface area (Å²) in [6.45, 7) is 4.16. The summed E-state index contributed by atoms with van der Waals surface area (Å²) in [5.74, 6) is 0. The summed E-state index contributed by atoms with van der Waals surface area (Å²) in [5, 5.41) is 2.82. The van der Waals surface area contributed by atoms with Gasteiger partial charge in [0.05, 0.1) is 23.6 Å². The standard InChI is InChI=1S/C38H25N5O2S/c1-22-7-13-27(14-8-22)43(28-15-9-23(2)10-16-28)29-17-11-24(12-18-29)33-36-35(41-46-42-36)32(21-39-33)40-34-30-19-25-5-3-4-6-26(25)20-31(30)37(44)38(34)45/h3-21H,1-2H3/b40-34-. The van der Waals surface area contributed by atoms with Gasteiger partial charge in [-0.3, -0.25) is 14.6 Å². The summed E-state index contributed by atoms with van der Waals surface area (Å²) in [7, 11) is 0. The minimum absolute atomic E-state index is 0.103. The molecule has 0 radical (unpaired) electrons. The number of fused-ring (bicyclic) bond motifs is 3. The van der Waals surface area contributed by atoms with Crippen LogP contribution in [0.2, 0.25) is 0 Å². The van der Waals surface area contributed by atoms with Gasteiger partial charge >= 0.3 is 0 Å². The van der Waals surface area contributed by atoms with Crippen LogP contribution < -0.4 is 21.1 Å². The Morgan fingerprint density at radius 2 is 1.17 bits per heavy atom. The maximum Gasteiger partial charge on any atom is 0.252 e. The number of pyridine rings is 1. The highest BCUT2D eigenvalue weighted by Crippen LogP contribution is 2.37. The Balaban J connectivity index is 1.21. The second-order valence-corrected chi connectivity index (χ2v) is 11.9. The predicted molar refractivity (Wildman–Crippen MR) is 186 cm³/mol. The van der Waals surface area contributed by atoms with Crippen LogP contribution in [0.3, 0.4) is 0 Å². The number of rotatable bonds is 5. The van der Waals surface area contributed by atoms with E-state index in [1.54, 1.807) is 12.3 Å². The van der Waals surface area contributed by atoms with Gasteiger partial charge in [0.2, 0.25) is 5.43 Å². The lowest BCUT2D eigenvalue weighted by molar-refractivity contribution is 1.26. The van der Waals surface area contributed by atoms with Gasteiger partial charge in [-0.05, 0) is 73.2 Å². The van der Waals surface area contributed by atoms with E-state index in [0.29, 0.717) is 33.2 Å². The van der Waals surface area contributed by atoms with Crippen LogP contribution in [0.15, 0.2) is 130 Å². The number of aryl methyl sites for hydroxylation is 2. The molecule has 0 fully saturated rings. The molecule has 0 unspecified atom stereocenters. The second kappa shape index (κ2) is 10.9. The highest BCUT2D eigenvalue weighted by Gasteiger charge is 2.18. The van der Waals surface area contributed by atoms with Crippen LogP contribution in [0.4, 0.5) is 22.7 Å². The quantitative estimate of drug-likeness (QED) is 0.183. The van der Waals surface area contributed by atoms with E-state index in [4.69, 9.17) is 4.98 Å².